The molecule has 0 unspecified atom stereocenters. The van der Waals surface area contributed by atoms with E-state index in [1.165, 1.54) is 0 Å². The smallest absolute Gasteiger partial charge is 0.225 e. The van der Waals surface area contributed by atoms with Crippen molar-refractivity contribution in [3.63, 3.8) is 0 Å². The number of aromatic nitrogens is 3. The Morgan fingerprint density at radius 2 is 1.96 bits per heavy atom. The molecule has 2 aromatic rings. The Morgan fingerprint density at radius 3 is 2.67 bits per heavy atom. The Kier molecular flexibility index (Phi) is 5.25. The van der Waals surface area contributed by atoms with Crippen LogP contribution in [0.4, 0.5) is 11.8 Å². The maximum absolute atomic E-state index is 4.69. The third-order valence-corrected chi connectivity index (χ3v) is 4.60. The molecule has 24 heavy (non-hydrogen) atoms. The number of anilines is 2. The van der Waals surface area contributed by atoms with Crippen molar-refractivity contribution in [2.45, 2.75) is 39.3 Å². The molecule has 1 aliphatic heterocycles. The van der Waals surface area contributed by atoms with E-state index in [4.69, 9.17) is 0 Å². The molecule has 2 aromatic heterocycles. The molecule has 3 heterocycles. The quantitative estimate of drug-likeness (QED) is 0.880. The van der Waals surface area contributed by atoms with Crippen LogP contribution in [0.1, 0.15) is 29.8 Å². The molecule has 0 spiro atoms. The van der Waals surface area contributed by atoms with Gasteiger partial charge in [-0.25, -0.2) is 4.98 Å². The van der Waals surface area contributed by atoms with Crippen LogP contribution in [0.25, 0.3) is 0 Å². The molecule has 6 nitrogen and oxygen atoms in total. The van der Waals surface area contributed by atoms with E-state index < -0.39 is 0 Å². The molecule has 0 aromatic carbocycles. The zero-order valence-corrected chi connectivity index (χ0v) is 14.7. The predicted octanol–water partition coefficient (Wildman–Crippen LogP) is 2.61. The predicted molar refractivity (Wildman–Crippen MR) is 97.2 cm³/mol. The fourth-order valence-corrected chi connectivity index (χ4v) is 2.87. The molecule has 128 valence electrons. The topological polar surface area (TPSA) is 66.0 Å². The van der Waals surface area contributed by atoms with Crippen LogP contribution in [-0.4, -0.2) is 46.0 Å². The van der Waals surface area contributed by atoms with Crippen LogP contribution in [0.2, 0.25) is 0 Å². The largest absolute Gasteiger partial charge is 0.367 e. The van der Waals surface area contributed by atoms with Gasteiger partial charge >= 0.3 is 0 Å². The van der Waals surface area contributed by atoms with Crippen molar-refractivity contribution in [2.24, 2.45) is 0 Å². The molecule has 0 radical (unpaired) electrons. The first-order valence-electron chi connectivity index (χ1n) is 8.56. The Labute approximate surface area is 143 Å². The zero-order valence-electron chi connectivity index (χ0n) is 14.7. The summed E-state index contributed by atoms with van der Waals surface area (Å²) < 4.78 is 0. The number of aryl methyl sites for hydroxylation is 1. The third kappa shape index (κ3) is 4.20. The van der Waals surface area contributed by atoms with Gasteiger partial charge in [0.2, 0.25) is 5.95 Å². The molecule has 0 amide bonds. The summed E-state index contributed by atoms with van der Waals surface area (Å²) in [6.45, 7) is 6.99. The molecule has 6 heteroatoms. The van der Waals surface area contributed by atoms with E-state index in [0.717, 1.165) is 48.7 Å². The molecule has 0 saturated carbocycles. The van der Waals surface area contributed by atoms with Gasteiger partial charge in [-0.15, -0.1) is 0 Å². The summed E-state index contributed by atoms with van der Waals surface area (Å²) in [5.41, 5.74) is 3.10. The van der Waals surface area contributed by atoms with Crippen LogP contribution in [-0.2, 0) is 6.54 Å². The summed E-state index contributed by atoms with van der Waals surface area (Å²) in [5, 5.41) is 6.90. The number of piperidine rings is 1. The van der Waals surface area contributed by atoms with E-state index >= 15 is 0 Å². The summed E-state index contributed by atoms with van der Waals surface area (Å²) in [6, 6.07) is 6.38. The van der Waals surface area contributed by atoms with Crippen LogP contribution in [0.3, 0.4) is 0 Å². The van der Waals surface area contributed by atoms with E-state index in [-0.39, 0.29) is 0 Å². The fraction of sp³-hybridized carbons (Fsp3) is 0.500. The minimum Gasteiger partial charge on any atom is -0.367 e. The average Bonchev–Trinajstić information content (AvgIpc) is 2.60. The van der Waals surface area contributed by atoms with Crippen molar-refractivity contribution >= 4 is 11.8 Å². The highest BCUT2D eigenvalue weighted by Crippen LogP contribution is 2.21. The summed E-state index contributed by atoms with van der Waals surface area (Å²) in [4.78, 5) is 15.9. The van der Waals surface area contributed by atoms with Gasteiger partial charge in [-0.1, -0.05) is 6.07 Å². The maximum Gasteiger partial charge on any atom is 0.225 e. The Hall–Kier alpha value is -2.21. The number of nitrogens with one attached hydrogen (secondary N) is 2. The molecule has 0 aliphatic carbocycles. The van der Waals surface area contributed by atoms with Gasteiger partial charge in [-0.3, -0.25) is 4.98 Å². The maximum atomic E-state index is 4.69. The Bertz CT molecular complexity index is 665. The van der Waals surface area contributed by atoms with Crippen molar-refractivity contribution in [3.05, 3.63) is 41.3 Å². The SMILES string of the molecule is Cc1nc(NCc2ccccn2)nc(NC2CCN(C)CC2)c1C. The third-order valence-electron chi connectivity index (χ3n) is 4.60. The first-order valence-corrected chi connectivity index (χ1v) is 8.56. The molecular formula is C18H26N6. The minimum atomic E-state index is 0.484. The molecule has 0 atom stereocenters. The summed E-state index contributed by atoms with van der Waals surface area (Å²) in [5.74, 6) is 1.60. The van der Waals surface area contributed by atoms with E-state index in [0.29, 0.717) is 18.5 Å². The van der Waals surface area contributed by atoms with Crippen LogP contribution in [0, 0.1) is 13.8 Å². The second-order valence-corrected chi connectivity index (χ2v) is 6.50. The summed E-state index contributed by atoms with van der Waals surface area (Å²) in [6.07, 6.45) is 4.09. The Balaban J connectivity index is 1.68. The van der Waals surface area contributed by atoms with E-state index in [9.17, 15) is 0 Å². The lowest BCUT2D eigenvalue weighted by Gasteiger charge is -2.30. The van der Waals surface area contributed by atoms with Gasteiger partial charge in [0.15, 0.2) is 0 Å². The van der Waals surface area contributed by atoms with Gasteiger partial charge in [0.05, 0.1) is 12.2 Å². The highest BCUT2D eigenvalue weighted by Gasteiger charge is 2.18. The average molecular weight is 326 g/mol. The van der Waals surface area contributed by atoms with Crippen LogP contribution >= 0.6 is 0 Å². The molecule has 1 saturated heterocycles. The van der Waals surface area contributed by atoms with Gasteiger partial charge in [-0.05, 0) is 59.0 Å². The lowest BCUT2D eigenvalue weighted by atomic mass is 10.1. The van der Waals surface area contributed by atoms with E-state index in [1.807, 2.05) is 25.1 Å². The summed E-state index contributed by atoms with van der Waals surface area (Å²) in [7, 11) is 2.18. The highest BCUT2D eigenvalue weighted by atomic mass is 15.2. The van der Waals surface area contributed by atoms with Crippen LogP contribution in [0.5, 0.6) is 0 Å². The number of pyridine rings is 1. The van der Waals surface area contributed by atoms with Crippen molar-refractivity contribution in [2.75, 3.05) is 30.8 Å². The molecule has 2 N–H and O–H groups in total. The van der Waals surface area contributed by atoms with E-state index in [2.05, 4.69) is 44.5 Å². The molecule has 0 bridgehead atoms. The number of rotatable bonds is 5. The van der Waals surface area contributed by atoms with Gasteiger partial charge in [0, 0.05) is 23.5 Å². The monoisotopic (exact) mass is 326 g/mol. The molecule has 1 aliphatic rings. The zero-order chi connectivity index (χ0) is 16.9. The van der Waals surface area contributed by atoms with Gasteiger partial charge in [0.1, 0.15) is 5.82 Å². The highest BCUT2D eigenvalue weighted by molar-refractivity contribution is 5.50. The van der Waals surface area contributed by atoms with Crippen molar-refractivity contribution in [3.8, 4) is 0 Å². The van der Waals surface area contributed by atoms with Crippen molar-refractivity contribution in [1.29, 1.82) is 0 Å². The lowest BCUT2D eigenvalue weighted by Crippen LogP contribution is -2.37. The van der Waals surface area contributed by atoms with Crippen LogP contribution in [0.15, 0.2) is 24.4 Å². The molecular weight excluding hydrogens is 300 g/mol. The second kappa shape index (κ2) is 7.57. The standard InChI is InChI=1S/C18H26N6/c1-13-14(2)21-18(20-12-16-6-4-5-9-19-16)23-17(13)22-15-7-10-24(3)11-8-15/h4-6,9,15H,7-8,10-12H2,1-3H3,(H2,20,21,22,23). The first kappa shape index (κ1) is 16.6. The van der Waals surface area contributed by atoms with Crippen LogP contribution < -0.4 is 10.6 Å². The number of hydrogen-bond donors (Lipinski definition) is 2. The number of hydrogen-bond acceptors (Lipinski definition) is 6. The minimum absolute atomic E-state index is 0.484. The van der Waals surface area contributed by atoms with E-state index in [1.54, 1.807) is 6.20 Å². The van der Waals surface area contributed by atoms with Gasteiger partial charge < -0.3 is 15.5 Å². The normalized spacial score (nSPS) is 16.1. The number of likely N-dealkylation sites (tertiary alicyclic amines) is 1. The fourth-order valence-electron chi connectivity index (χ4n) is 2.87. The van der Waals surface area contributed by atoms with Gasteiger partial charge in [-0.2, -0.15) is 4.98 Å². The first-order chi connectivity index (χ1) is 11.6. The van der Waals surface area contributed by atoms with Crippen molar-refractivity contribution < 1.29 is 0 Å². The Morgan fingerprint density at radius 1 is 1.17 bits per heavy atom. The second-order valence-electron chi connectivity index (χ2n) is 6.50. The molecule has 3 rings (SSSR count). The molecule has 1 fully saturated rings. The summed E-state index contributed by atoms with van der Waals surface area (Å²) >= 11 is 0. The lowest BCUT2D eigenvalue weighted by molar-refractivity contribution is 0.263. The number of nitrogens with zero attached hydrogens (tertiary/aromatic N) is 4. The van der Waals surface area contributed by atoms with Gasteiger partial charge in [0.25, 0.3) is 0 Å². The van der Waals surface area contributed by atoms with Crippen molar-refractivity contribution in [1.82, 2.24) is 19.9 Å².